The number of fused-ring (bicyclic) bond motifs is 1. The van der Waals surface area contributed by atoms with Crippen LogP contribution in [0.3, 0.4) is 0 Å². The van der Waals surface area contributed by atoms with Crippen molar-refractivity contribution in [3.8, 4) is 5.75 Å². The highest BCUT2D eigenvalue weighted by atomic mass is 32.2. The maximum Gasteiger partial charge on any atom is 0.421 e. The van der Waals surface area contributed by atoms with E-state index in [0.29, 0.717) is 56.6 Å². The van der Waals surface area contributed by atoms with Gasteiger partial charge in [0.15, 0.2) is 5.60 Å². The summed E-state index contributed by atoms with van der Waals surface area (Å²) in [6, 6.07) is 1.61. The average molecular weight is 490 g/mol. The molecule has 5 nitrogen and oxygen atoms in total. The van der Waals surface area contributed by atoms with Crippen molar-refractivity contribution in [1.82, 2.24) is 4.90 Å². The summed E-state index contributed by atoms with van der Waals surface area (Å²) in [5, 5.41) is 0. The highest BCUT2D eigenvalue weighted by Crippen LogP contribution is 2.51. The SMILES string of the molecule is CCCc1cc2c(c(CCC)c1OCCCCN(C=O)C(=O)CSC)COC2(C)C(F)(F)F. The summed E-state index contributed by atoms with van der Waals surface area (Å²) >= 11 is 1.36. The first-order valence-electron chi connectivity index (χ1n) is 11.4. The number of nitrogens with zero attached hydrogens (tertiary/aromatic N) is 1. The Bertz CT molecular complexity index is 831. The first kappa shape index (κ1) is 27.5. The molecule has 0 saturated heterocycles. The average Bonchev–Trinajstić information content (AvgIpc) is 3.10. The summed E-state index contributed by atoms with van der Waals surface area (Å²) in [6.07, 6.45) is 1.80. The summed E-state index contributed by atoms with van der Waals surface area (Å²) < 4.78 is 53.0. The second-order valence-electron chi connectivity index (χ2n) is 8.37. The van der Waals surface area contributed by atoms with Crippen LogP contribution in [0.15, 0.2) is 6.07 Å². The molecule has 0 aliphatic carbocycles. The Morgan fingerprint density at radius 3 is 2.55 bits per heavy atom. The highest BCUT2D eigenvalue weighted by Gasteiger charge is 2.57. The molecule has 1 aliphatic heterocycles. The Morgan fingerprint density at radius 1 is 1.27 bits per heavy atom. The van der Waals surface area contributed by atoms with Crippen LogP contribution in [0.1, 0.15) is 68.7 Å². The van der Waals surface area contributed by atoms with E-state index >= 15 is 0 Å². The minimum atomic E-state index is -4.51. The van der Waals surface area contributed by atoms with Crippen LogP contribution >= 0.6 is 11.8 Å². The van der Waals surface area contributed by atoms with Crippen molar-refractivity contribution in [2.45, 2.75) is 77.7 Å². The quantitative estimate of drug-likeness (QED) is 0.274. The summed E-state index contributed by atoms with van der Waals surface area (Å²) in [5.41, 5.74) is 0.0407. The normalized spacial score (nSPS) is 17.7. The topological polar surface area (TPSA) is 55.8 Å². The van der Waals surface area contributed by atoms with Crippen LogP contribution in [0, 0.1) is 0 Å². The van der Waals surface area contributed by atoms with Gasteiger partial charge in [0.05, 0.1) is 19.0 Å². The molecule has 0 spiro atoms. The molecule has 1 aliphatic rings. The van der Waals surface area contributed by atoms with Crippen molar-refractivity contribution in [1.29, 1.82) is 0 Å². The van der Waals surface area contributed by atoms with Gasteiger partial charge in [0.2, 0.25) is 12.3 Å². The Hall–Kier alpha value is -1.74. The zero-order valence-corrected chi connectivity index (χ0v) is 20.7. The van der Waals surface area contributed by atoms with Gasteiger partial charge in [0.1, 0.15) is 5.75 Å². The van der Waals surface area contributed by atoms with Crippen molar-refractivity contribution < 1.29 is 32.2 Å². The maximum absolute atomic E-state index is 13.8. The fourth-order valence-electron chi connectivity index (χ4n) is 4.09. The van der Waals surface area contributed by atoms with E-state index in [4.69, 9.17) is 9.47 Å². The first-order chi connectivity index (χ1) is 15.6. The molecule has 186 valence electrons. The molecule has 9 heteroatoms. The van der Waals surface area contributed by atoms with Gasteiger partial charge in [-0.3, -0.25) is 14.5 Å². The Balaban J connectivity index is 2.21. The van der Waals surface area contributed by atoms with E-state index in [9.17, 15) is 22.8 Å². The second kappa shape index (κ2) is 12.1. The number of alkyl halides is 3. The second-order valence-corrected chi connectivity index (χ2v) is 9.24. The summed E-state index contributed by atoms with van der Waals surface area (Å²) in [5.74, 6) is 0.697. The van der Waals surface area contributed by atoms with E-state index in [1.165, 1.54) is 16.7 Å². The van der Waals surface area contributed by atoms with Crippen molar-refractivity contribution in [3.05, 3.63) is 28.3 Å². The van der Waals surface area contributed by atoms with Crippen LogP contribution in [0.2, 0.25) is 0 Å². The molecule has 33 heavy (non-hydrogen) atoms. The van der Waals surface area contributed by atoms with Gasteiger partial charge in [0.25, 0.3) is 0 Å². The lowest BCUT2D eigenvalue weighted by Crippen LogP contribution is -2.39. The molecule has 1 unspecified atom stereocenters. The number of amides is 2. The summed E-state index contributed by atoms with van der Waals surface area (Å²) in [4.78, 5) is 24.2. The zero-order chi connectivity index (χ0) is 24.6. The number of carbonyl (C=O) groups excluding carboxylic acids is 2. The van der Waals surface area contributed by atoms with E-state index in [2.05, 4.69) is 0 Å². The molecule has 1 heterocycles. The van der Waals surface area contributed by atoms with Gasteiger partial charge in [-0.1, -0.05) is 26.7 Å². The first-order valence-corrected chi connectivity index (χ1v) is 12.8. The molecule has 1 atom stereocenters. The number of thioether (sulfide) groups is 1. The van der Waals surface area contributed by atoms with Crippen LogP contribution in [-0.4, -0.2) is 48.6 Å². The molecule has 0 aromatic heterocycles. The molecule has 2 rings (SSSR count). The largest absolute Gasteiger partial charge is 0.493 e. The van der Waals surface area contributed by atoms with Gasteiger partial charge in [-0.25, -0.2) is 0 Å². The van der Waals surface area contributed by atoms with Crippen molar-refractivity contribution in [2.75, 3.05) is 25.2 Å². The number of imide groups is 1. The van der Waals surface area contributed by atoms with Gasteiger partial charge < -0.3 is 9.47 Å². The molecule has 0 fully saturated rings. The predicted octanol–water partition coefficient (Wildman–Crippen LogP) is 5.41. The molecule has 1 aromatic carbocycles. The highest BCUT2D eigenvalue weighted by molar-refractivity contribution is 7.99. The third kappa shape index (κ3) is 6.23. The van der Waals surface area contributed by atoms with Crippen LogP contribution in [0.25, 0.3) is 0 Å². The Kier molecular flexibility index (Phi) is 10.1. The molecule has 0 N–H and O–H groups in total. The van der Waals surface area contributed by atoms with E-state index in [1.54, 1.807) is 12.3 Å². The number of carbonyl (C=O) groups is 2. The number of hydrogen-bond donors (Lipinski definition) is 0. The maximum atomic E-state index is 13.8. The van der Waals surface area contributed by atoms with Gasteiger partial charge in [-0.15, -0.1) is 0 Å². The lowest BCUT2D eigenvalue weighted by atomic mass is 9.86. The third-order valence-corrected chi connectivity index (χ3v) is 6.44. The number of rotatable bonds is 13. The van der Waals surface area contributed by atoms with Gasteiger partial charge in [0, 0.05) is 12.1 Å². The molecule has 0 saturated carbocycles. The number of ether oxygens (including phenoxy) is 2. The molecule has 0 radical (unpaired) electrons. The van der Waals surface area contributed by atoms with Crippen molar-refractivity contribution >= 4 is 24.1 Å². The Morgan fingerprint density at radius 2 is 1.97 bits per heavy atom. The van der Waals surface area contributed by atoms with Crippen LogP contribution in [-0.2, 0) is 39.4 Å². The molecular formula is C24H34F3NO4S. The molecule has 1 aromatic rings. The minimum absolute atomic E-state index is 0.0880. The van der Waals surface area contributed by atoms with Gasteiger partial charge in [-0.05, 0) is 61.6 Å². The number of benzene rings is 1. The fourth-order valence-corrected chi connectivity index (χ4v) is 4.50. The molecule has 0 bridgehead atoms. The minimum Gasteiger partial charge on any atom is -0.493 e. The zero-order valence-electron chi connectivity index (χ0n) is 19.8. The lowest BCUT2D eigenvalue weighted by Gasteiger charge is -2.28. The van der Waals surface area contributed by atoms with E-state index < -0.39 is 11.8 Å². The Labute approximate surface area is 198 Å². The molecular weight excluding hydrogens is 455 g/mol. The van der Waals surface area contributed by atoms with Crippen molar-refractivity contribution in [3.63, 3.8) is 0 Å². The smallest absolute Gasteiger partial charge is 0.421 e. The monoisotopic (exact) mass is 489 g/mol. The number of halogens is 3. The van der Waals surface area contributed by atoms with E-state index in [-0.39, 0.29) is 23.8 Å². The lowest BCUT2D eigenvalue weighted by molar-refractivity contribution is -0.272. The van der Waals surface area contributed by atoms with E-state index in [1.807, 2.05) is 13.8 Å². The fraction of sp³-hybridized carbons (Fsp3) is 0.667. The van der Waals surface area contributed by atoms with Crippen LogP contribution in [0.5, 0.6) is 5.75 Å². The number of hydrogen-bond acceptors (Lipinski definition) is 5. The number of aryl methyl sites for hydroxylation is 1. The van der Waals surface area contributed by atoms with Crippen LogP contribution in [0.4, 0.5) is 13.2 Å². The number of unbranched alkanes of at least 4 members (excludes halogenated alkanes) is 1. The van der Waals surface area contributed by atoms with Crippen LogP contribution < -0.4 is 4.74 Å². The van der Waals surface area contributed by atoms with Gasteiger partial charge >= 0.3 is 6.18 Å². The van der Waals surface area contributed by atoms with Gasteiger partial charge in [-0.2, -0.15) is 24.9 Å². The van der Waals surface area contributed by atoms with E-state index in [0.717, 1.165) is 30.9 Å². The predicted molar refractivity (Wildman–Crippen MR) is 124 cm³/mol. The van der Waals surface area contributed by atoms with Crippen molar-refractivity contribution in [2.24, 2.45) is 0 Å². The third-order valence-electron chi connectivity index (χ3n) is 5.91. The summed E-state index contributed by atoms with van der Waals surface area (Å²) in [6.45, 7) is 5.65. The standard InChI is InChI=1S/C24H34F3NO4S/c1-5-9-17-13-20-19(14-32-23(20,3)24(25,26)27)18(10-6-2)22(17)31-12-8-7-11-28(16-29)21(30)15-33-4/h13,16H,5-12,14-15H2,1-4H3. The summed E-state index contributed by atoms with van der Waals surface area (Å²) in [7, 11) is 0. The molecule has 2 amide bonds.